The average molecular weight is 368 g/mol. The summed E-state index contributed by atoms with van der Waals surface area (Å²) >= 11 is 3.09. The maximum absolute atomic E-state index is 12.6. The number of imidazole rings is 1. The van der Waals surface area contributed by atoms with Crippen LogP contribution in [0.15, 0.2) is 47.2 Å². The molecule has 0 aliphatic carbocycles. The van der Waals surface area contributed by atoms with Crippen molar-refractivity contribution in [1.29, 1.82) is 0 Å². The van der Waals surface area contributed by atoms with Crippen molar-refractivity contribution in [2.75, 3.05) is 5.32 Å². The predicted octanol–water partition coefficient (Wildman–Crippen LogP) is 4.88. The molecule has 0 saturated heterocycles. The molecule has 4 aromatic rings. The van der Waals surface area contributed by atoms with Gasteiger partial charge in [0.1, 0.15) is 10.7 Å². The number of thiophene rings is 1. The van der Waals surface area contributed by atoms with E-state index in [4.69, 9.17) is 0 Å². The summed E-state index contributed by atoms with van der Waals surface area (Å²) in [7, 11) is 0. The van der Waals surface area contributed by atoms with Crippen molar-refractivity contribution >= 4 is 45.6 Å². The summed E-state index contributed by atoms with van der Waals surface area (Å²) in [6, 6.07) is 11.9. The first-order chi connectivity index (χ1) is 12.3. The standard InChI is InChI=1S/C18H16N4OS2/c1-2-9-22-14-7-4-3-6-12(14)20-18(22)21-16(23)13-11-25-17(19-13)15-8-5-10-24-15/h3-8,10-11H,2,9H2,1H3,(H,20,21,23). The number of amides is 1. The lowest BCUT2D eigenvalue weighted by atomic mass is 10.3. The number of benzene rings is 1. The molecule has 5 nitrogen and oxygen atoms in total. The first-order valence-corrected chi connectivity index (χ1v) is 9.78. The van der Waals surface area contributed by atoms with E-state index in [1.54, 1.807) is 16.7 Å². The first-order valence-electron chi connectivity index (χ1n) is 8.02. The Morgan fingerprint density at radius 1 is 1.16 bits per heavy atom. The summed E-state index contributed by atoms with van der Waals surface area (Å²) in [6.07, 6.45) is 0.961. The molecule has 4 rings (SSSR count). The smallest absolute Gasteiger partial charge is 0.277 e. The molecule has 1 aromatic carbocycles. The predicted molar refractivity (Wildman–Crippen MR) is 103 cm³/mol. The highest BCUT2D eigenvalue weighted by Crippen LogP contribution is 2.28. The Bertz CT molecular complexity index is 1020. The van der Waals surface area contributed by atoms with E-state index in [2.05, 4.69) is 22.2 Å². The molecule has 0 aliphatic heterocycles. The van der Waals surface area contributed by atoms with E-state index in [0.29, 0.717) is 11.6 Å². The normalized spacial score (nSPS) is 11.1. The number of anilines is 1. The van der Waals surface area contributed by atoms with E-state index in [0.717, 1.165) is 33.9 Å². The summed E-state index contributed by atoms with van der Waals surface area (Å²) in [6.45, 7) is 2.90. The molecule has 126 valence electrons. The molecule has 3 aromatic heterocycles. The van der Waals surface area contributed by atoms with Gasteiger partial charge in [-0.3, -0.25) is 10.1 Å². The number of rotatable bonds is 5. The second kappa shape index (κ2) is 6.78. The van der Waals surface area contributed by atoms with Crippen LogP contribution in [-0.4, -0.2) is 20.4 Å². The van der Waals surface area contributed by atoms with Gasteiger partial charge in [-0.05, 0) is 30.0 Å². The molecule has 0 aliphatic rings. The Labute approximate surface area is 153 Å². The van der Waals surface area contributed by atoms with Crippen LogP contribution >= 0.6 is 22.7 Å². The van der Waals surface area contributed by atoms with Gasteiger partial charge in [0.25, 0.3) is 5.91 Å². The molecule has 0 spiro atoms. The van der Waals surface area contributed by atoms with E-state index in [1.807, 2.05) is 46.3 Å². The van der Waals surface area contributed by atoms with Crippen LogP contribution in [-0.2, 0) is 6.54 Å². The molecule has 0 radical (unpaired) electrons. The van der Waals surface area contributed by atoms with Crippen LogP contribution in [0.4, 0.5) is 5.95 Å². The molecular weight excluding hydrogens is 352 g/mol. The van der Waals surface area contributed by atoms with Crippen molar-refractivity contribution in [2.45, 2.75) is 19.9 Å². The quantitative estimate of drug-likeness (QED) is 0.546. The van der Waals surface area contributed by atoms with Crippen molar-refractivity contribution in [1.82, 2.24) is 14.5 Å². The Balaban J connectivity index is 1.62. The second-order valence-corrected chi connectivity index (χ2v) is 7.35. The highest BCUT2D eigenvalue weighted by atomic mass is 32.1. The number of nitrogens with zero attached hydrogens (tertiary/aromatic N) is 3. The van der Waals surface area contributed by atoms with Crippen molar-refractivity contribution in [3.05, 3.63) is 52.9 Å². The molecule has 0 unspecified atom stereocenters. The first kappa shape index (κ1) is 16.0. The molecule has 0 bridgehead atoms. The Hall–Kier alpha value is -2.51. The summed E-state index contributed by atoms with van der Waals surface area (Å²) < 4.78 is 2.04. The van der Waals surface area contributed by atoms with Gasteiger partial charge in [0.15, 0.2) is 0 Å². The molecule has 1 N–H and O–H groups in total. The summed E-state index contributed by atoms with van der Waals surface area (Å²) in [5, 5.41) is 7.58. The van der Waals surface area contributed by atoms with Crippen LogP contribution in [0.25, 0.3) is 20.9 Å². The van der Waals surface area contributed by atoms with E-state index in [9.17, 15) is 4.79 Å². The number of thiazole rings is 1. The SMILES string of the molecule is CCCn1c(NC(=O)c2csc(-c3cccs3)n2)nc2ccccc21. The van der Waals surface area contributed by atoms with Gasteiger partial charge in [0, 0.05) is 11.9 Å². The van der Waals surface area contributed by atoms with Crippen molar-refractivity contribution in [3.63, 3.8) is 0 Å². The maximum Gasteiger partial charge on any atom is 0.277 e. The van der Waals surface area contributed by atoms with Gasteiger partial charge in [-0.2, -0.15) is 0 Å². The zero-order valence-corrected chi connectivity index (χ0v) is 15.2. The third kappa shape index (κ3) is 3.08. The van der Waals surface area contributed by atoms with E-state index in [-0.39, 0.29) is 5.91 Å². The van der Waals surface area contributed by atoms with E-state index >= 15 is 0 Å². The Morgan fingerprint density at radius 2 is 2.04 bits per heavy atom. The fourth-order valence-corrected chi connectivity index (χ4v) is 4.29. The van der Waals surface area contributed by atoms with Crippen LogP contribution in [0.5, 0.6) is 0 Å². The van der Waals surface area contributed by atoms with Gasteiger partial charge in [0.2, 0.25) is 5.95 Å². The number of aromatic nitrogens is 3. The minimum atomic E-state index is -0.230. The highest BCUT2D eigenvalue weighted by Gasteiger charge is 2.16. The van der Waals surface area contributed by atoms with Gasteiger partial charge in [0.05, 0.1) is 15.9 Å². The number of fused-ring (bicyclic) bond motifs is 1. The number of hydrogen-bond acceptors (Lipinski definition) is 5. The number of para-hydroxylation sites is 2. The molecule has 7 heteroatoms. The number of carbonyl (C=O) groups excluding carboxylic acids is 1. The molecule has 3 heterocycles. The van der Waals surface area contributed by atoms with E-state index in [1.165, 1.54) is 11.3 Å². The lowest BCUT2D eigenvalue weighted by Crippen LogP contribution is -2.16. The number of carbonyl (C=O) groups is 1. The minimum absolute atomic E-state index is 0.230. The highest BCUT2D eigenvalue weighted by molar-refractivity contribution is 7.20. The summed E-state index contributed by atoms with van der Waals surface area (Å²) in [4.78, 5) is 22.7. The van der Waals surface area contributed by atoms with Gasteiger partial charge < -0.3 is 4.57 Å². The molecular formula is C18H16N4OS2. The Kier molecular flexibility index (Phi) is 4.33. The Morgan fingerprint density at radius 3 is 2.84 bits per heavy atom. The van der Waals surface area contributed by atoms with Gasteiger partial charge in [-0.15, -0.1) is 22.7 Å². The molecule has 0 fully saturated rings. The number of hydrogen-bond donors (Lipinski definition) is 1. The molecule has 0 atom stereocenters. The zero-order valence-electron chi connectivity index (χ0n) is 13.6. The fourth-order valence-electron chi connectivity index (χ4n) is 2.68. The van der Waals surface area contributed by atoms with E-state index < -0.39 is 0 Å². The molecule has 1 amide bonds. The van der Waals surface area contributed by atoms with Gasteiger partial charge in [-0.1, -0.05) is 25.1 Å². The second-order valence-electron chi connectivity index (χ2n) is 5.55. The lowest BCUT2D eigenvalue weighted by molar-refractivity contribution is 0.102. The average Bonchev–Trinajstić information content (AvgIpc) is 3.35. The monoisotopic (exact) mass is 368 g/mol. The lowest BCUT2D eigenvalue weighted by Gasteiger charge is -2.07. The topological polar surface area (TPSA) is 59.8 Å². The molecule has 0 saturated carbocycles. The van der Waals surface area contributed by atoms with Crippen LogP contribution < -0.4 is 5.32 Å². The van der Waals surface area contributed by atoms with Crippen molar-refractivity contribution in [2.24, 2.45) is 0 Å². The third-order valence-electron chi connectivity index (χ3n) is 3.80. The summed E-state index contributed by atoms with van der Waals surface area (Å²) in [5.41, 5.74) is 2.32. The fraction of sp³-hybridized carbons (Fsp3) is 0.167. The largest absolute Gasteiger partial charge is 0.310 e. The van der Waals surface area contributed by atoms with Crippen LogP contribution in [0.1, 0.15) is 23.8 Å². The minimum Gasteiger partial charge on any atom is -0.310 e. The maximum atomic E-state index is 12.6. The summed E-state index contributed by atoms with van der Waals surface area (Å²) in [5.74, 6) is 0.338. The van der Waals surface area contributed by atoms with Crippen LogP contribution in [0.2, 0.25) is 0 Å². The molecule has 25 heavy (non-hydrogen) atoms. The zero-order chi connectivity index (χ0) is 17.2. The number of aryl methyl sites for hydroxylation is 1. The third-order valence-corrected chi connectivity index (χ3v) is 5.68. The van der Waals surface area contributed by atoms with Crippen LogP contribution in [0, 0.1) is 0 Å². The van der Waals surface area contributed by atoms with Crippen LogP contribution in [0.3, 0.4) is 0 Å². The van der Waals surface area contributed by atoms with Crippen molar-refractivity contribution < 1.29 is 4.79 Å². The van der Waals surface area contributed by atoms with Crippen molar-refractivity contribution in [3.8, 4) is 9.88 Å². The van der Waals surface area contributed by atoms with Gasteiger partial charge >= 0.3 is 0 Å². The van der Waals surface area contributed by atoms with Gasteiger partial charge in [-0.25, -0.2) is 9.97 Å². The number of nitrogens with one attached hydrogen (secondary N) is 1.